The average Bonchev–Trinajstić information content (AvgIpc) is 2.74. The number of hydrogen-bond acceptors (Lipinski definition) is 4. The Bertz CT molecular complexity index is 569. The minimum atomic E-state index is -1.09. The van der Waals surface area contributed by atoms with Gasteiger partial charge in [0.1, 0.15) is 11.9 Å². The molecule has 0 radical (unpaired) electrons. The Labute approximate surface area is 128 Å². The van der Waals surface area contributed by atoms with Crippen LogP contribution in [0.4, 0.5) is 10.1 Å². The monoisotopic (exact) mass is 360 g/mol. The summed E-state index contributed by atoms with van der Waals surface area (Å²) < 4.78 is 14.1. The first kappa shape index (κ1) is 15.9. The van der Waals surface area contributed by atoms with Gasteiger partial charge >= 0.3 is 5.97 Å². The molecule has 6 nitrogen and oxygen atoms in total. The molecule has 1 aliphatic heterocycles. The Kier molecular flexibility index (Phi) is 4.92. The Balaban J connectivity index is 1.99. The number of likely N-dealkylation sites (tertiary alicyclic amines) is 1. The van der Waals surface area contributed by atoms with Gasteiger partial charge in [-0.3, -0.25) is 14.5 Å². The molecule has 2 rings (SSSR count). The van der Waals surface area contributed by atoms with E-state index in [1.807, 2.05) is 0 Å². The quantitative estimate of drug-likeness (QED) is 0.746. The highest BCUT2D eigenvalue weighted by atomic mass is 79.9. The second-order valence-electron chi connectivity index (χ2n) is 4.85. The van der Waals surface area contributed by atoms with E-state index in [1.165, 1.54) is 17.0 Å². The molecule has 1 aromatic carbocycles. The lowest BCUT2D eigenvalue weighted by molar-refractivity contribution is -0.142. The topological polar surface area (TPSA) is 89.9 Å². The van der Waals surface area contributed by atoms with E-state index < -0.39 is 29.8 Å². The van der Waals surface area contributed by atoms with Gasteiger partial charge in [0.2, 0.25) is 5.91 Å². The smallest absolute Gasteiger partial charge is 0.321 e. The van der Waals surface area contributed by atoms with Gasteiger partial charge in [0.25, 0.3) is 0 Å². The average molecular weight is 361 g/mol. The number of halogens is 2. The summed E-state index contributed by atoms with van der Waals surface area (Å²) in [5.41, 5.74) is 0.0230. The highest BCUT2D eigenvalue weighted by molar-refractivity contribution is 9.10. The number of β-amino-alcohol motifs (C(OH)–C–C–N with tert-alkyl or cyclic N) is 1. The number of aliphatic hydroxyl groups excluding tert-OH is 1. The third-order valence-corrected chi connectivity index (χ3v) is 3.71. The molecular formula is C13H14BrFN2O4. The number of nitrogens with zero attached hydrogens (tertiary/aromatic N) is 1. The van der Waals surface area contributed by atoms with E-state index in [-0.39, 0.29) is 25.2 Å². The van der Waals surface area contributed by atoms with Gasteiger partial charge in [0.15, 0.2) is 0 Å². The van der Waals surface area contributed by atoms with Crippen LogP contribution in [0.15, 0.2) is 22.7 Å². The van der Waals surface area contributed by atoms with Crippen LogP contribution >= 0.6 is 15.9 Å². The maximum atomic E-state index is 13.6. The fourth-order valence-corrected chi connectivity index (χ4v) is 2.61. The highest BCUT2D eigenvalue weighted by Gasteiger charge is 2.36. The minimum Gasteiger partial charge on any atom is -0.480 e. The van der Waals surface area contributed by atoms with Crippen LogP contribution in [0, 0.1) is 5.82 Å². The molecule has 0 aromatic heterocycles. The van der Waals surface area contributed by atoms with Crippen molar-refractivity contribution in [3.8, 4) is 0 Å². The van der Waals surface area contributed by atoms with Gasteiger partial charge in [0.05, 0.1) is 18.3 Å². The second-order valence-corrected chi connectivity index (χ2v) is 5.76. The van der Waals surface area contributed by atoms with Gasteiger partial charge in [0, 0.05) is 17.4 Å². The fraction of sp³-hybridized carbons (Fsp3) is 0.385. The zero-order valence-corrected chi connectivity index (χ0v) is 12.5. The van der Waals surface area contributed by atoms with Crippen LogP contribution < -0.4 is 5.32 Å². The molecule has 1 amide bonds. The van der Waals surface area contributed by atoms with Crippen molar-refractivity contribution < 1.29 is 24.2 Å². The first-order valence-corrected chi connectivity index (χ1v) is 7.06. The van der Waals surface area contributed by atoms with E-state index in [0.717, 1.165) is 0 Å². The van der Waals surface area contributed by atoms with Gasteiger partial charge in [-0.2, -0.15) is 0 Å². The van der Waals surface area contributed by atoms with E-state index >= 15 is 0 Å². The van der Waals surface area contributed by atoms with Crippen molar-refractivity contribution in [3.05, 3.63) is 28.5 Å². The van der Waals surface area contributed by atoms with Crippen LogP contribution in [0.1, 0.15) is 6.42 Å². The van der Waals surface area contributed by atoms with Crippen molar-refractivity contribution in [2.75, 3.05) is 18.4 Å². The number of carbonyl (C=O) groups is 2. The molecule has 1 saturated heterocycles. The largest absolute Gasteiger partial charge is 0.480 e. The molecule has 3 N–H and O–H groups in total. The molecular weight excluding hydrogens is 347 g/mol. The van der Waals surface area contributed by atoms with Gasteiger partial charge in [-0.05, 0) is 18.2 Å². The zero-order chi connectivity index (χ0) is 15.6. The van der Waals surface area contributed by atoms with Crippen molar-refractivity contribution in [2.45, 2.75) is 18.6 Å². The van der Waals surface area contributed by atoms with Crippen molar-refractivity contribution >= 4 is 33.5 Å². The molecule has 8 heteroatoms. The van der Waals surface area contributed by atoms with Crippen LogP contribution in [0.3, 0.4) is 0 Å². The summed E-state index contributed by atoms with van der Waals surface area (Å²) in [7, 11) is 0. The van der Waals surface area contributed by atoms with Gasteiger partial charge in [-0.1, -0.05) is 15.9 Å². The predicted molar refractivity (Wildman–Crippen MR) is 76.4 cm³/mol. The van der Waals surface area contributed by atoms with Crippen LogP contribution in [0.25, 0.3) is 0 Å². The molecule has 1 heterocycles. The molecule has 1 aliphatic rings. The van der Waals surface area contributed by atoms with Crippen molar-refractivity contribution in [2.24, 2.45) is 0 Å². The van der Waals surface area contributed by atoms with Crippen LogP contribution in [-0.4, -0.2) is 52.2 Å². The molecule has 114 valence electrons. The Hall–Kier alpha value is -1.51. The van der Waals surface area contributed by atoms with Crippen molar-refractivity contribution in [3.63, 3.8) is 0 Å². The summed E-state index contributed by atoms with van der Waals surface area (Å²) >= 11 is 3.11. The predicted octanol–water partition coefficient (Wildman–Crippen LogP) is 1.05. The Morgan fingerprint density at radius 3 is 2.81 bits per heavy atom. The summed E-state index contributed by atoms with van der Waals surface area (Å²) in [5, 5.41) is 20.9. The molecule has 2 atom stereocenters. The number of amides is 1. The number of rotatable bonds is 4. The van der Waals surface area contributed by atoms with E-state index in [0.29, 0.717) is 4.47 Å². The summed E-state index contributed by atoms with van der Waals surface area (Å²) in [5.74, 6) is -2.21. The lowest BCUT2D eigenvalue weighted by atomic mass is 10.2. The molecule has 1 fully saturated rings. The normalized spacial score (nSPS) is 22.2. The van der Waals surface area contributed by atoms with Crippen molar-refractivity contribution in [1.29, 1.82) is 0 Å². The number of nitrogens with one attached hydrogen (secondary N) is 1. The van der Waals surface area contributed by atoms with E-state index in [1.54, 1.807) is 6.07 Å². The maximum Gasteiger partial charge on any atom is 0.321 e. The van der Waals surface area contributed by atoms with Gasteiger partial charge in [-0.25, -0.2) is 4.39 Å². The van der Waals surface area contributed by atoms with Crippen molar-refractivity contribution in [1.82, 2.24) is 4.90 Å². The number of aliphatic hydroxyl groups is 1. The van der Waals surface area contributed by atoms with Crippen LogP contribution in [-0.2, 0) is 9.59 Å². The van der Waals surface area contributed by atoms with E-state index in [2.05, 4.69) is 21.2 Å². The number of anilines is 1. The van der Waals surface area contributed by atoms with E-state index in [4.69, 9.17) is 5.11 Å². The lowest BCUT2D eigenvalue weighted by Crippen LogP contribution is -2.41. The summed E-state index contributed by atoms with van der Waals surface area (Å²) in [6.07, 6.45) is -0.696. The molecule has 21 heavy (non-hydrogen) atoms. The number of aliphatic carboxylic acids is 1. The summed E-state index contributed by atoms with van der Waals surface area (Å²) in [6.45, 7) is -0.114. The first-order valence-electron chi connectivity index (χ1n) is 6.26. The first-order chi connectivity index (χ1) is 9.86. The Morgan fingerprint density at radius 1 is 1.48 bits per heavy atom. The number of hydrogen-bond donors (Lipinski definition) is 3. The molecule has 0 saturated carbocycles. The van der Waals surface area contributed by atoms with Gasteiger partial charge < -0.3 is 15.5 Å². The maximum absolute atomic E-state index is 13.6. The Morgan fingerprint density at radius 2 is 2.19 bits per heavy atom. The number of carboxylic acids is 1. The summed E-state index contributed by atoms with van der Waals surface area (Å²) in [4.78, 5) is 24.3. The molecule has 0 spiro atoms. The summed E-state index contributed by atoms with van der Waals surface area (Å²) in [6, 6.07) is 3.30. The third-order valence-electron chi connectivity index (χ3n) is 3.22. The van der Waals surface area contributed by atoms with Gasteiger partial charge in [-0.15, -0.1) is 0 Å². The second kappa shape index (κ2) is 6.50. The highest BCUT2D eigenvalue weighted by Crippen LogP contribution is 2.21. The minimum absolute atomic E-state index is 0.0230. The fourth-order valence-electron chi connectivity index (χ4n) is 2.28. The molecule has 2 unspecified atom stereocenters. The van der Waals surface area contributed by atoms with E-state index in [9.17, 15) is 19.1 Å². The SMILES string of the molecule is O=C(CN1CC(O)CC1C(=O)O)Nc1ccc(Br)cc1F. The molecule has 0 bridgehead atoms. The molecule has 1 aromatic rings. The van der Waals surface area contributed by atoms with Crippen LogP contribution in [0.2, 0.25) is 0 Å². The van der Waals surface area contributed by atoms with Crippen LogP contribution in [0.5, 0.6) is 0 Å². The number of carbonyl (C=O) groups excluding carboxylic acids is 1. The standard InChI is InChI=1S/C13H14BrFN2O4/c14-7-1-2-10(9(15)3-7)16-12(19)6-17-5-8(18)4-11(17)13(20)21/h1-3,8,11,18H,4-6H2,(H,16,19)(H,20,21). The third kappa shape index (κ3) is 3.99. The number of benzene rings is 1. The number of carboxylic acid groups (broad SMARTS) is 1. The molecule has 0 aliphatic carbocycles. The zero-order valence-electron chi connectivity index (χ0n) is 10.9. The lowest BCUT2D eigenvalue weighted by Gasteiger charge is -2.20.